The molecule has 1 saturated heterocycles. The number of rotatable bonds is 6. The molecule has 4 nitrogen and oxygen atoms in total. The first-order valence-electron chi connectivity index (χ1n) is 6.04. The Morgan fingerprint density at radius 3 is 2.69 bits per heavy atom. The molecule has 16 heavy (non-hydrogen) atoms. The van der Waals surface area contributed by atoms with E-state index in [2.05, 4.69) is 4.90 Å². The molecule has 1 heterocycles. The van der Waals surface area contributed by atoms with Crippen LogP contribution in [0, 0.1) is 0 Å². The normalized spacial score (nSPS) is 23.1. The topological polar surface area (TPSA) is 57.6 Å². The summed E-state index contributed by atoms with van der Waals surface area (Å²) >= 11 is 0. The van der Waals surface area contributed by atoms with Crippen molar-refractivity contribution in [1.82, 2.24) is 4.90 Å². The Labute approximate surface area is 98.6 Å². The Bertz CT molecular complexity index is 300. The molecule has 1 rings (SSSR count). The molecule has 0 bridgehead atoms. The van der Waals surface area contributed by atoms with Crippen molar-refractivity contribution >= 4 is 9.84 Å². The Hall–Kier alpha value is -0.130. The fourth-order valence-electron chi connectivity index (χ4n) is 2.10. The smallest absolute Gasteiger partial charge is 0.152 e. The van der Waals surface area contributed by atoms with Crippen LogP contribution in [0.15, 0.2) is 0 Å². The van der Waals surface area contributed by atoms with Crippen LogP contribution in [0.3, 0.4) is 0 Å². The molecule has 1 aliphatic heterocycles. The van der Waals surface area contributed by atoms with Crippen molar-refractivity contribution in [3.63, 3.8) is 0 Å². The molecule has 0 radical (unpaired) electrons. The van der Waals surface area contributed by atoms with Gasteiger partial charge in [-0.3, -0.25) is 4.90 Å². The van der Waals surface area contributed by atoms with Gasteiger partial charge < -0.3 is 5.11 Å². The monoisotopic (exact) mass is 249 g/mol. The van der Waals surface area contributed by atoms with E-state index >= 15 is 0 Å². The maximum atomic E-state index is 11.6. The molecule has 0 aliphatic carbocycles. The second-order valence-corrected chi connectivity index (χ2v) is 7.46. The minimum atomic E-state index is -2.90. The lowest BCUT2D eigenvalue weighted by atomic mass is 10.2. The van der Waals surface area contributed by atoms with Gasteiger partial charge in [-0.1, -0.05) is 0 Å². The summed E-state index contributed by atoms with van der Waals surface area (Å²) in [6, 6.07) is 0.252. The zero-order chi connectivity index (χ0) is 12.2. The van der Waals surface area contributed by atoms with E-state index in [0.29, 0.717) is 6.42 Å². The quantitative estimate of drug-likeness (QED) is 0.751. The van der Waals surface area contributed by atoms with Crippen LogP contribution in [-0.2, 0) is 9.84 Å². The zero-order valence-corrected chi connectivity index (χ0v) is 11.0. The first kappa shape index (κ1) is 13.9. The van der Waals surface area contributed by atoms with E-state index in [1.807, 2.05) is 0 Å². The Morgan fingerprint density at radius 2 is 2.12 bits per heavy atom. The van der Waals surface area contributed by atoms with Gasteiger partial charge in [0.1, 0.15) is 0 Å². The standard InChI is InChI=1S/C11H23NO3S/c1-10(2)16(14,15)8-4-7-12-6-3-5-11(12)9-13/h10-11,13H,3-9H2,1-2H3/t11-/m1/s1. The van der Waals surface area contributed by atoms with Gasteiger partial charge >= 0.3 is 0 Å². The summed E-state index contributed by atoms with van der Waals surface area (Å²) in [4.78, 5) is 2.20. The van der Waals surface area contributed by atoms with Gasteiger partial charge in [0, 0.05) is 6.04 Å². The fraction of sp³-hybridized carbons (Fsp3) is 1.00. The van der Waals surface area contributed by atoms with Crippen molar-refractivity contribution in [3.8, 4) is 0 Å². The molecule has 5 heteroatoms. The van der Waals surface area contributed by atoms with Crippen LogP contribution >= 0.6 is 0 Å². The molecule has 1 fully saturated rings. The van der Waals surface area contributed by atoms with Crippen molar-refractivity contribution in [1.29, 1.82) is 0 Å². The van der Waals surface area contributed by atoms with Gasteiger partial charge in [0.15, 0.2) is 9.84 Å². The van der Waals surface area contributed by atoms with Crippen LogP contribution in [0.1, 0.15) is 33.1 Å². The summed E-state index contributed by atoms with van der Waals surface area (Å²) in [5.74, 6) is 0.263. The second-order valence-electron chi connectivity index (χ2n) is 4.78. The van der Waals surface area contributed by atoms with Crippen molar-refractivity contribution in [2.45, 2.75) is 44.4 Å². The minimum Gasteiger partial charge on any atom is -0.395 e. The summed E-state index contributed by atoms with van der Waals surface area (Å²) in [5.41, 5.74) is 0. The van der Waals surface area contributed by atoms with E-state index < -0.39 is 9.84 Å². The van der Waals surface area contributed by atoms with Crippen LogP contribution in [0.4, 0.5) is 0 Å². The Balaban J connectivity index is 2.30. The molecule has 0 spiro atoms. The first-order chi connectivity index (χ1) is 7.47. The molecule has 0 aromatic carbocycles. The Morgan fingerprint density at radius 1 is 1.44 bits per heavy atom. The number of aliphatic hydroxyl groups is 1. The van der Waals surface area contributed by atoms with Gasteiger partial charge in [0.05, 0.1) is 17.6 Å². The fourth-order valence-corrected chi connectivity index (χ4v) is 3.10. The molecular formula is C11H23NO3S. The predicted octanol–water partition coefficient (Wildman–Crippen LogP) is 0.656. The lowest BCUT2D eigenvalue weighted by Crippen LogP contribution is -2.34. The van der Waals surface area contributed by atoms with Crippen molar-refractivity contribution in [2.75, 3.05) is 25.4 Å². The number of nitrogens with zero attached hydrogens (tertiary/aromatic N) is 1. The average molecular weight is 249 g/mol. The van der Waals surface area contributed by atoms with E-state index in [-0.39, 0.29) is 23.7 Å². The summed E-state index contributed by atoms with van der Waals surface area (Å²) in [6.45, 7) is 5.42. The molecule has 1 aliphatic rings. The van der Waals surface area contributed by atoms with Gasteiger partial charge in [0.25, 0.3) is 0 Å². The zero-order valence-electron chi connectivity index (χ0n) is 10.2. The predicted molar refractivity (Wildman–Crippen MR) is 65.2 cm³/mol. The molecular weight excluding hydrogens is 226 g/mol. The molecule has 0 amide bonds. The largest absolute Gasteiger partial charge is 0.395 e. The van der Waals surface area contributed by atoms with Gasteiger partial charge in [0.2, 0.25) is 0 Å². The highest BCUT2D eigenvalue weighted by Crippen LogP contribution is 2.17. The third-order valence-electron chi connectivity index (χ3n) is 3.30. The summed E-state index contributed by atoms with van der Waals surface area (Å²) < 4.78 is 23.2. The lowest BCUT2D eigenvalue weighted by molar-refractivity contribution is 0.159. The van der Waals surface area contributed by atoms with Crippen LogP contribution in [-0.4, -0.2) is 55.2 Å². The number of hydrogen-bond acceptors (Lipinski definition) is 4. The number of likely N-dealkylation sites (tertiary alicyclic amines) is 1. The van der Waals surface area contributed by atoms with Crippen LogP contribution in [0.2, 0.25) is 0 Å². The number of aliphatic hydroxyl groups excluding tert-OH is 1. The number of hydrogen-bond donors (Lipinski definition) is 1. The third kappa shape index (κ3) is 3.71. The van der Waals surface area contributed by atoms with Crippen molar-refractivity contribution in [2.24, 2.45) is 0 Å². The maximum Gasteiger partial charge on any atom is 0.152 e. The van der Waals surface area contributed by atoms with Crippen LogP contribution in [0.25, 0.3) is 0 Å². The molecule has 0 saturated carbocycles. The molecule has 96 valence electrons. The second kappa shape index (κ2) is 5.98. The SMILES string of the molecule is CC(C)S(=O)(=O)CCCN1CCC[C@@H]1CO. The van der Waals surface area contributed by atoms with Crippen LogP contribution < -0.4 is 0 Å². The highest BCUT2D eigenvalue weighted by molar-refractivity contribution is 7.91. The highest BCUT2D eigenvalue weighted by Gasteiger charge is 2.24. The summed E-state index contributed by atoms with van der Waals surface area (Å²) in [6.07, 6.45) is 2.83. The van der Waals surface area contributed by atoms with Crippen molar-refractivity contribution in [3.05, 3.63) is 0 Å². The molecule has 0 aromatic heterocycles. The third-order valence-corrected chi connectivity index (χ3v) is 5.60. The van der Waals surface area contributed by atoms with E-state index in [9.17, 15) is 8.42 Å². The van der Waals surface area contributed by atoms with Crippen molar-refractivity contribution < 1.29 is 13.5 Å². The molecule has 0 unspecified atom stereocenters. The van der Waals surface area contributed by atoms with Gasteiger partial charge in [-0.2, -0.15) is 0 Å². The van der Waals surface area contributed by atoms with E-state index in [1.54, 1.807) is 13.8 Å². The summed E-state index contributed by atoms with van der Waals surface area (Å²) in [5, 5.41) is 8.85. The van der Waals surface area contributed by atoms with Gasteiger partial charge in [-0.25, -0.2) is 8.42 Å². The van der Waals surface area contributed by atoms with E-state index in [0.717, 1.165) is 25.9 Å². The van der Waals surface area contributed by atoms with Gasteiger partial charge in [-0.15, -0.1) is 0 Å². The van der Waals surface area contributed by atoms with E-state index in [4.69, 9.17) is 5.11 Å². The first-order valence-corrected chi connectivity index (χ1v) is 7.75. The van der Waals surface area contributed by atoms with Gasteiger partial charge in [-0.05, 0) is 46.2 Å². The lowest BCUT2D eigenvalue weighted by Gasteiger charge is -2.22. The average Bonchev–Trinajstić information content (AvgIpc) is 2.64. The van der Waals surface area contributed by atoms with E-state index in [1.165, 1.54) is 0 Å². The molecule has 1 atom stereocenters. The molecule has 0 aromatic rings. The molecule has 1 N–H and O–H groups in total. The number of sulfone groups is 1. The van der Waals surface area contributed by atoms with Crippen LogP contribution in [0.5, 0.6) is 0 Å². The highest BCUT2D eigenvalue weighted by atomic mass is 32.2. The summed E-state index contributed by atoms with van der Waals surface area (Å²) in [7, 11) is -2.90. The minimum absolute atomic E-state index is 0.191. The maximum absolute atomic E-state index is 11.6. The Kier molecular flexibility index (Phi) is 5.21.